The van der Waals surface area contributed by atoms with Crippen molar-refractivity contribution in [2.75, 3.05) is 0 Å². The fourth-order valence-electron chi connectivity index (χ4n) is 2.37. The molecule has 0 radical (unpaired) electrons. The smallest absolute Gasteiger partial charge is 0.307 e. The van der Waals surface area contributed by atoms with Crippen LogP contribution in [0.2, 0.25) is 0 Å². The van der Waals surface area contributed by atoms with Crippen LogP contribution in [0.1, 0.15) is 18.0 Å². The van der Waals surface area contributed by atoms with E-state index in [0.29, 0.717) is 0 Å². The number of carbonyl (C=O) groups is 1. The maximum atomic E-state index is 10.9. The number of benzene rings is 1. The molecule has 0 bridgehead atoms. The van der Waals surface area contributed by atoms with Crippen LogP contribution in [0.15, 0.2) is 36.4 Å². The molecule has 1 heterocycles. The molecule has 0 unspecified atom stereocenters. The molecule has 1 aromatic heterocycles. The van der Waals surface area contributed by atoms with Crippen LogP contribution in [0, 0.1) is 5.92 Å². The van der Waals surface area contributed by atoms with Gasteiger partial charge in [-0.05, 0) is 12.5 Å². The first-order valence-corrected chi connectivity index (χ1v) is 5.99. The molecule has 3 rings (SSSR count). The van der Waals surface area contributed by atoms with Gasteiger partial charge in [0.2, 0.25) is 0 Å². The van der Waals surface area contributed by atoms with E-state index in [1.54, 1.807) is 4.68 Å². The highest BCUT2D eigenvalue weighted by molar-refractivity contribution is 5.75. The van der Waals surface area contributed by atoms with Crippen LogP contribution in [-0.2, 0) is 11.8 Å². The summed E-state index contributed by atoms with van der Waals surface area (Å²) in [5, 5.41) is 13.4. The summed E-state index contributed by atoms with van der Waals surface area (Å²) in [6, 6.07) is 11.9. The first-order valence-electron chi connectivity index (χ1n) is 5.99. The fraction of sp³-hybridized carbons (Fsp3) is 0.286. The molecule has 0 amide bonds. The van der Waals surface area contributed by atoms with Crippen molar-refractivity contribution in [3.63, 3.8) is 0 Å². The number of hydrogen-bond acceptors (Lipinski definition) is 2. The molecule has 4 heteroatoms. The zero-order chi connectivity index (χ0) is 12.7. The lowest BCUT2D eigenvalue weighted by Gasteiger charge is -1.97. The Hall–Kier alpha value is -2.10. The van der Waals surface area contributed by atoms with Crippen LogP contribution in [0.3, 0.4) is 0 Å². The lowest BCUT2D eigenvalue weighted by molar-refractivity contribution is -0.138. The van der Waals surface area contributed by atoms with Gasteiger partial charge in [0, 0.05) is 24.2 Å². The van der Waals surface area contributed by atoms with Gasteiger partial charge in [-0.2, -0.15) is 5.10 Å². The number of carboxylic acid groups (broad SMARTS) is 1. The highest BCUT2D eigenvalue weighted by Gasteiger charge is 2.46. The van der Waals surface area contributed by atoms with Crippen molar-refractivity contribution in [2.45, 2.75) is 12.3 Å². The summed E-state index contributed by atoms with van der Waals surface area (Å²) < 4.78 is 1.80. The molecule has 1 aliphatic rings. The topological polar surface area (TPSA) is 55.1 Å². The molecule has 0 spiro atoms. The quantitative estimate of drug-likeness (QED) is 0.898. The fourth-order valence-corrected chi connectivity index (χ4v) is 2.37. The molecule has 92 valence electrons. The van der Waals surface area contributed by atoms with E-state index in [1.165, 1.54) is 0 Å². The number of rotatable bonds is 3. The van der Waals surface area contributed by atoms with Gasteiger partial charge in [0.1, 0.15) is 0 Å². The minimum atomic E-state index is -0.706. The molecule has 1 N–H and O–H groups in total. The molecule has 1 aromatic carbocycles. The van der Waals surface area contributed by atoms with Crippen molar-refractivity contribution in [1.29, 1.82) is 0 Å². The molecule has 1 fully saturated rings. The van der Waals surface area contributed by atoms with Gasteiger partial charge >= 0.3 is 5.97 Å². The molecular weight excluding hydrogens is 228 g/mol. The van der Waals surface area contributed by atoms with Crippen molar-refractivity contribution >= 4 is 5.97 Å². The maximum absolute atomic E-state index is 10.9. The minimum Gasteiger partial charge on any atom is -0.481 e. The van der Waals surface area contributed by atoms with Crippen LogP contribution in [0.4, 0.5) is 0 Å². The Morgan fingerprint density at radius 1 is 1.39 bits per heavy atom. The van der Waals surface area contributed by atoms with E-state index in [2.05, 4.69) is 5.10 Å². The summed E-state index contributed by atoms with van der Waals surface area (Å²) in [7, 11) is 1.87. The summed E-state index contributed by atoms with van der Waals surface area (Å²) in [4.78, 5) is 10.9. The molecule has 2 aromatic rings. The second-order valence-corrected chi connectivity index (χ2v) is 4.73. The van der Waals surface area contributed by atoms with Crippen molar-refractivity contribution in [3.8, 4) is 11.3 Å². The van der Waals surface area contributed by atoms with Crippen LogP contribution >= 0.6 is 0 Å². The standard InChI is InChI=1S/C14H14N2O2/c1-16-13(10-7-11(10)14(17)18)8-12(15-16)9-5-3-2-4-6-9/h2-6,8,10-11H,7H2,1H3,(H,17,18)/t10-,11-/m1/s1. The molecule has 0 saturated heterocycles. The van der Waals surface area contributed by atoms with E-state index in [1.807, 2.05) is 43.4 Å². The molecule has 1 saturated carbocycles. The number of hydrogen-bond donors (Lipinski definition) is 1. The van der Waals surface area contributed by atoms with Gasteiger partial charge in [-0.1, -0.05) is 30.3 Å². The SMILES string of the molecule is Cn1nc(-c2ccccc2)cc1[C@@H]1C[C@H]1C(=O)O. The largest absolute Gasteiger partial charge is 0.481 e. The molecule has 18 heavy (non-hydrogen) atoms. The number of nitrogens with zero attached hydrogens (tertiary/aromatic N) is 2. The summed E-state index contributed by atoms with van der Waals surface area (Å²) in [5.41, 5.74) is 2.98. The van der Waals surface area contributed by atoms with Crippen LogP contribution < -0.4 is 0 Å². The van der Waals surface area contributed by atoms with Gasteiger partial charge in [-0.3, -0.25) is 9.48 Å². The number of aromatic nitrogens is 2. The Kier molecular flexibility index (Phi) is 2.44. The number of aryl methyl sites for hydroxylation is 1. The summed E-state index contributed by atoms with van der Waals surface area (Å²) in [5.74, 6) is -0.816. The summed E-state index contributed by atoms with van der Waals surface area (Å²) >= 11 is 0. The van der Waals surface area contributed by atoms with Crippen molar-refractivity contribution in [3.05, 3.63) is 42.1 Å². The van der Waals surface area contributed by atoms with E-state index in [0.717, 1.165) is 23.4 Å². The van der Waals surface area contributed by atoms with E-state index >= 15 is 0 Å². The van der Waals surface area contributed by atoms with Gasteiger partial charge in [-0.15, -0.1) is 0 Å². The van der Waals surface area contributed by atoms with Crippen molar-refractivity contribution in [2.24, 2.45) is 13.0 Å². The van der Waals surface area contributed by atoms with E-state index in [4.69, 9.17) is 5.11 Å². The van der Waals surface area contributed by atoms with Gasteiger partial charge in [-0.25, -0.2) is 0 Å². The zero-order valence-corrected chi connectivity index (χ0v) is 10.1. The maximum Gasteiger partial charge on any atom is 0.307 e. The first-order chi connectivity index (χ1) is 8.66. The minimum absolute atomic E-state index is 0.123. The average molecular weight is 242 g/mol. The molecule has 2 atom stereocenters. The molecule has 0 aliphatic heterocycles. The van der Waals surface area contributed by atoms with Crippen LogP contribution in [-0.4, -0.2) is 20.9 Å². The molecule has 1 aliphatic carbocycles. The average Bonchev–Trinajstić information content (AvgIpc) is 3.08. The Labute approximate surface area is 105 Å². The third-order valence-electron chi connectivity index (χ3n) is 3.47. The lowest BCUT2D eigenvalue weighted by atomic mass is 10.1. The Morgan fingerprint density at radius 3 is 2.72 bits per heavy atom. The van der Waals surface area contributed by atoms with Crippen molar-refractivity contribution in [1.82, 2.24) is 9.78 Å². The Balaban J connectivity index is 1.91. The third kappa shape index (κ3) is 1.79. The Bertz CT molecular complexity index is 589. The monoisotopic (exact) mass is 242 g/mol. The Morgan fingerprint density at radius 2 is 2.11 bits per heavy atom. The molecule has 4 nitrogen and oxygen atoms in total. The van der Waals surface area contributed by atoms with E-state index in [9.17, 15) is 4.79 Å². The first kappa shape index (κ1) is 11.0. The number of carboxylic acids is 1. The van der Waals surface area contributed by atoms with Gasteiger partial charge in [0.15, 0.2) is 0 Å². The summed E-state index contributed by atoms with van der Waals surface area (Å²) in [6.45, 7) is 0. The van der Waals surface area contributed by atoms with E-state index < -0.39 is 5.97 Å². The van der Waals surface area contributed by atoms with Crippen LogP contribution in [0.25, 0.3) is 11.3 Å². The van der Waals surface area contributed by atoms with Gasteiger partial charge in [0.05, 0.1) is 11.6 Å². The lowest BCUT2D eigenvalue weighted by Crippen LogP contribution is -2.02. The van der Waals surface area contributed by atoms with Crippen LogP contribution in [0.5, 0.6) is 0 Å². The normalized spacial score (nSPS) is 21.8. The summed E-state index contributed by atoms with van der Waals surface area (Å²) in [6.07, 6.45) is 0.725. The number of aliphatic carboxylic acids is 1. The van der Waals surface area contributed by atoms with Crippen molar-refractivity contribution < 1.29 is 9.90 Å². The predicted molar refractivity (Wildman–Crippen MR) is 67.1 cm³/mol. The highest BCUT2D eigenvalue weighted by atomic mass is 16.4. The molecular formula is C14H14N2O2. The second kappa shape index (κ2) is 3.98. The van der Waals surface area contributed by atoms with Gasteiger partial charge in [0.25, 0.3) is 0 Å². The van der Waals surface area contributed by atoms with E-state index in [-0.39, 0.29) is 11.8 Å². The highest BCUT2D eigenvalue weighted by Crippen LogP contribution is 2.47. The zero-order valence-electron chi connectivity index (χ0n) is 10.1. The second-order valence-electron chi connectivity index (χ2n) is 4.73. The third-order valence-corrected chi connectivity index (χ3v) is 3.47. The van der Waals surface area contributed by atoms with Gasteiger partial charge < -0.3 is 5.11 Å². The predicted octanol–water partition coefficient (Wildman–Crippen LogP) is 2.28.